The van der Waals surface area contributed by atoms with Crippen LogP contribution in [0, 0.1) is 5.92 Å². The summed E-state index contributed by atoms with van der Waals surface area (Å²) in [5.74, 6) is 0.512. The molecule has 2 atom stereocenters. The Hall–Kier alpha value is -0.0900. The molecule has 0 aliphatic heterocycles. The number of nitrogens with one attached hydrogen (secondary N) is 1. The van der Waals surface area contributed by atoms with Gasteiger partial charge in [0.25, 0.3) is 0 Å². The number of halogens is 1. The van der Waals surface area contributed by atoms with E-state index in [0.717, 1.165) is 6.54 Å². The van der Waals surface area contributed by atoms with Crippen LogP contribution >= 0.6 is 15.9 Å². The Morgan fingerprint density at radius 1 is 1.36 bits per heavy atom. The third-order valence-corrected chi connectivity index (χ3v) is 2.47. The summed E-state index contributed by atoms with van der Waals surface area (Å²) < 4.78 is 0. The fourth-order valence-corrected chi connectivity index (χ4v) is 1.25. The number of hydrogen-bond donors (Lipinski definition) is 1. The van der Waals surface area contributed by atoms with E-state index in [0.29, 0.717) is 5.92 Å². The predicted octanol–water partition coefficient (Wildman–Crippen LogP) is 1.47. The summed E-state index contributed by atoms with van der Waals surface area (Å²) in [7, 11) is 4.03. The Morgan fingerprint density at radius 3 is 2.14 bits per heavy atom. The van der Waals surface area contributed by atoms with Gasteiger partial charge in [-0.3, -0.25) is 4.79 Å². The first-order valence-corrected chi connectivity index (χ1v) is 5.85. The van der Waals surface area contributed by atoms with E-state index < -0.39 is 0 Å². The van der Waals surface area contributed by atoms with Gasteiger partial charge >= 0.3 is 0 Å². The third-order valence-electron chi connectivity index (χ3n) is 2.06. The van der Waals surface area contributed by atoms with Crippen molar-refractivity contribution in [3.8, 4) is 0 Å². The first-order valence-electron chi connectivity index (χ1n) is 4.93. The molecule has 0 aromatic rings. The second-order valence-electron chi connectivity index (χ2n) is 4.24. The Labute approximate surface area is 95.4 Å². The van der Waals surface area contributed by atoms with Crippen molar-refractivity contribution >= 4 is 21.8 Å². The molecule has 14 heavy (non-hydrogen) atoms. The molecule has 3 nitrogen and oxygen atoms in total. The normalized spacial score (nSPS) is 15.7. The molecule has 2 unspecified atom stereocenters. The molecule has 0 heterocycles. The van der Waals surface area contributed by atoms with Gasteiger partial charge in [-0.1, -0.05) is 29.8 Å². The molecule has 0 aromatic carbocycles. The summed E-state index contributed by atoms with van der Waals surface area (Å²) in [5, 5.41) is 3.02. The van der Waals surface area contributed by atoms with Crippen LogP contribution in [0.25, 0.3) is 0 Å². The molecule has 0 saturated carbocycles. The average Bonchev–Trinajstić information content (AvgIpc) is 2.01. The Morgan fingerprint density at radius 2 is 1.86 bits per heavy atom. The highest BCUT2D eigenvalue weighted by Crippen LogP contribution is 2.05. The number of carbonyl (C=O) groups is 1. The molecule has 0 aliphatic rings. The van der Waals surface area contributed by atoms with E-state index in [9.17, 15) is 4.79 Å². The lowest BCUT2D eigenvalue weighted by atomic mass is 10.0. The lowest BCUT2D eigenvalue weighted by molar-refractivity contribution is -0.121. The number of carbonyl (C=O) groups excluding carboxylic acids is 1. The summed E-state index contributed by atoms with van der Waals surface area (Å²) in [4.78, 5) is 13.4. The second-order valence-corrected chi connectivity index (χ2v) is 5.61. The minimum Gasteiger partial charge on any atom is -0.351 e. The average molecular weight is 265 g/mol. The van der Waals surface area contributed by atoms with Crippen molar-refractivity contribution in [1.29, 1.82) is 0 Å². The van der Waals surface area contributed by atoms with E-state index in [1.807, 2.05) is 21.0 Å². The van der Waals surface area contributed by atoms with E-state index in [-0.39, 0.29) is 16.8 Å². The largest absolute Gasteiger partial charge is 0.351 e. The summed E-state index contributed by atoms with van der Waals surface area (Å²) >= 11 is 3.26. The van der Waals surface area contributed by atoms with Crippen molar-refractivity contribution in [1.82, 2.24) is 10.2 Å². The smallest absolute Gasteiger partial charge is 0.233 e. The van der Waals surface area contributed by atoms with Gasteiger partial charge < -0.3 is 10.2 Å². The van der Waals surface area contributed by atoms with Gasteiger partial charge in [-0.05, 0) is 26.9 Å². The van der Waals surface area contributed by atoms with Gasteiger partial charge in [0.05, 0.1) is 4.83 Å². The minimum atomic E-state index is -0.120. The number of alkyl halides is 1. The lowest BCUT2D eigenvalue weighted by Gasteiger charge is -2.26. The van der Waals surface area contributed by atoms with Crippen LogP contribution in [0.1, 0.15) is 20.8 Å². The van der Waals surface area contributed by atoms with Gasteiger partial charge in [-0.25, -0.2) is 0 Å². The van der Waals surface area contributed by atoms with Crippen LogP contribution in [-0.4, -0.2) is 42.3 Å². The zero-order valence-electron chi connectivity index (χ0n) is 9.67. The molecule has 1 N–H and O–H groups in total. The van der Waals surface area contributed by atoms with Crippen molar-refractivity contribution in [2.45, 2.75) is 31.6 Å². The maximum Gasteiger partial charge on any atom is 0.233 e. The Kier molecular flexibility index (Phi) is 6.36. The number of likely N-dealkylation sites (N-methyl/N-ethyl adjacent to an activating group) is 1. The van der Waals surface area contributed by atoms with Crippen molar-refractivity contribution in [2.75, 3.05) is 20.6 Å². The molecule has 0 spiro atoms. The maximum atomic E-state index is 11.5. The van der Waals surface area contributed by atoms with E-state index in [1.165, 1.54) is 0 Å². The molecule has 0 fully saturated rings. The molecule has 84 valence electrons. The van der Waals surface area contributed by atoms with Crippen LogP contribution in [0.4, 0.5) is 0 Å². The molecular weight excluding hydrogens is 244 g/mol. The monoisotopic (exact) mass is 264 g/mol. The molecule has 0 rings (SSSR count). The highest BCUT2D eigenvalue weighted by Gasteiger charge is 2.18. The SMILES string of the molecule is CC(Br)C(=O)NC(CN(C)C)C(C)C. The molecule has 0 radical (unpaired) electrons. The maximum absolute atomic E-state index is 11.5. The molecule has 4 heteroatoms. The highest BCUT2D eigenvalue weighted by molar-refractivity contribution is 9.10. The zero-order chi connectivity index (χ0) is 11.3. The highest BCUT2D eigenvalue weighted by atomic mass is 79.9. The first-order chi connectivity index (χ1) is 6.34. The minimum absolute atomic E-state index is 0.0607. The molecule has 0 aliphatic carbocycles. The summed E-state index contributed by atoms with van der Waals surface area (Å²) in [5.41, 5.74) is 0. The molecule has 0 aromatic heterocycles. The summed E-state index contributed by atoms with van der Waals surface area (Å²) in [6.07, 6.45) is 0. The molecule has 0 saturated heterocycles. The lowest BCUT2D eigenvalue weighted by Crippen LogP contribution is -2.46. The third kappa shape index (κ3) is 5.60. The predicted molar refractivity (Wildman–Crippen MR) is 63.7 cm³/mol. The molecule has 1 amide bonds. The van der Waals surface area contributed by atoms with Crippen molar-refractivity contribution in [3.63, 3.8) is 0 Å². The fourth-order valence-electron chi connectivity index (χ4n) is 1.11. The molecular formula is C10H21BrN2O. The second kappa shape index (κ2) is 6.40. The van der Waals surface area contributed by atoms with Crippen LogP contribution < -0.4 is 5.32 Å². The van der Waals surface area contributed by atoms with Crippen molar-refractivity contribution in [3.05, 3.63) is 0 Å². The van der Waals surface area contributed by atoms with Crippen molar-refractivity contribution < 1.29 is 4.79 Å². The van der Waals surface area contributed by atoms with Crippen LogP contribution in [0.5, 0.6) is 0 Å². The van der Waals surface area contributed by atoms with Crippen LogP contribution in [0.3, 0.4) is 0 Å². The molecule has 0 bridgehead atoms. The van der Waals surface area contributed by atoms with Gasteiger partial charge in [-0.2, -0.15) is 0 Å². The number of amides is 1. The number of nitrogens with zero attached hydrogens (tertiary/aromatic N) is 1. The van der Waals surface area contributed by atoms with E-state index in [2.05, 4.69) is 40.0 Å². The number of hydrogen-bond acceptors (Lipinski definition) is 2. The van der Waals surface area contributed by atoms with Gasteiger partial charge in [0.2, 0.25) is 5.91 Å². The van der Waals surface area contributed by atoms with Gasteiger partial charge in [0, 0.05) is 12.6 Å². The van der Waals surface area contributed by atoms with Gasteiger partial charge in [-0.15, -0.1) is 0 Å². The van der Waals surface area contributed by atoms with E-state index in [4.69, 9.17) is 0 Å². The van der Waals surface area contributed by atoms with Crippen molar-refractivity contribution in [2.24, 2.45) is 5.92 Å². The van der Waals surface area contributed by atoms with Crippen LogP contribution in [-0.2, 0) is 4.79 Å². The number of rotatable bonds is 5. The van der Waals surface area contributed by atoms with E-state index >= 15 is 0 Å². The first kappa shape index (κ1) is 13.9. The van der Waals surface area contributed by atoms with Crippen LogP contribution in [0.2, 0.25) is 0 Å². The van der Waals surface area contributed by atoms with Gasteiger partial charge in [0.1, 0.15) is 0 Å². The zero-order valence-corrected chi connectivity index (χ0v) is 11.3. The summed E-state index contributed by atoms with van der Waals surface area (Å²) in [6.45, 7) is 6.95. The summed E-state index contributed by atoms with van der Waals surface area (Å²) in [6, 6.07) is 0.220. The fraction of sp³-hybridized carbons (Fsp3) is 0.900. The van der Waals surface area contributed by atoms with E-state index in [1.54, 1.807) is 0 Å². The topological polar surface area (TPSA) is 32.3 Å². The standard InChI is InChI=1S/C10H21BrN2O/c1-7(2)9(6-13(4)5)12-10(14)8(3)11/h7-9H,6H2,1-5H3,(H,12,14). The van der Waals surface area contributed by atoms with Crippen LogP contribution in [0.15, 0.2) is 0 Å². The van der Waals surface area contributed by atoms with Gasteiger partial charge in [0.15, 0.2) is 0 Å². The Bertz CT molecular complexity index is 181. The Balaban J connectivity index is 4.16. The quantitative estimate of drug-likeness (QED) is 0.763.